The summed E-state index contributed by atoms with van der Waals surface area (Å²) < 4.78 is 40.5. The Morgan fingerprint density at radius 1 is 1.38 bits per heavy atom. The van der Waals surface area contributed by atoms with Crippen molar-refractivity contribution in [3.05, 3.63) is 24.0 Å². The summed E-state index contributed by atoms with van der Waals surface area (Å²) in [5.41, 5.74) is 5.44. The summed E-state index contributed by atoms with van der Waals surface area (Å²) in [5.74, 6) is -0.714. The summed E-state index contributed by atoms with van der Waals surface area (Å²) >= 11 is 0. The lowest BCUT2D eigenvalue weighted by Crippen LogP contribution is -2.35. The van der Waals surface area contributed by atoms with Crippen LogP contribution in [0.25, 0.3) is 0 Å². The minimum Gasteiger partial charge on any atom is -0.399 e. The molecule has 90 valence electrons. The van der Waals surface area contributed by atoms with Crippen LogP contribution in [0, 0.1) is 5.82 Å². The number of anilines is 2. The number of nitrogen functional groups attached to an aromatic ring is 1. The number of benzene rings is 1. The van der Waals surface area contributed by atoms with Crippen molar-refractivity contribution in [3.8, 4) is 0 Å². The molecule has 0 amide bonds. The first-order chi connectivity index (χ1) is 7.30. The molecule has 4 N–H and O–H groups in total. The van der Waals surface area contributed by atoms with Gasteiger partial charge in [-0.25, -0.2) is 4.39 Å². The lowest BCUT2D eigenvalue weighted by Gasteiger charge is -2.12. The van der Waals surface area contributed by atoms with Crippen molar-refractivity contribution in [2.24, 2.45) is 0 Å². The average molecular weight is 247 g/mol. The van der Waals surface area contributed by atoms with Gasteiger partial charge in [0.1, 0.15) is 5.82 Å². The second-order valence-corrected chi connectivity index (χ2v) is 5.06. The number of nitrogens with one attached hydrogen (secondary N) is 2. The Morgan fingerprint density at radius 3 is 2.50 bits per heavy atom. The van der Waals surface area contributed by atoms with Crippen molar-refractivity contribution in [1.82, 2.24) is 4.72 Å². The molecule has 0 saturated heterocycles. The molecule has 0 saturated carbocycles. The highest BCUT2D eigenvalue weighted by Crippen LogP contribution is 2.17. The fraction of sp³-hybridized carbons (Fsp3) is 0.333. The summed E-state index contributed by atoms with van der Waals surface area (Å²) in [6.45, 7) is 3.33. The number of nitrogens with two attached hydrogens (primary N) is 1. The van der Waals surface area contributed by atoms with E-state index in [0.717, 1.165) is 6.07 Å². The molecule has 0 bridgehead atoms. The normalized spacial score (nSPS) is 11.8. The molecule has 0 fully saturated rings. The number of hydrogen-bond acceptors (Lipinski definition) is 3. The van der Waals surface area contributed by atoms with E-state index in [1.807, 2.05) is 0 Å². The van der Waals surface area contributed by atoms with Crippen molar-refractivity contribution in [2.75, 3.05) is 10.5 Å². The van der Waals surface area contributed by atoms with Gasteiger partial charge >= 0.3 is 0 Å². The van der Waals surface area contributed by atoms with Gasteiger partial charge in [-0.3, -0.25) is 4.72 Å². The molecule has 0 atom stereocenters. The standard InChI is InChI=1S/C9H14FN3O2S/c1-6(2)12-16(14,15)13-9-4-3-7(11)5-8(9)10/h3-6,12-13H,11H2,1-2H3. The largest absolute Gasteiger partial charge is 0.399 e. The Hall–Kier alpha value is -1.34. The molecule has 1 aromatic carbocycles. The quantitative estimate of drug-likeness (QED) is 0.696. The molecule has 1 aromatic rings. The maximum absolute atomic E-state index is 13.3. The highest BCUT2D eigenvalue weighted by atomic mass is 32.2. The first kappa shape index (κ1) is 12.7. The maximum Gasteiger partial charge on any atom is 0.299 e. The second kappa shape index (κ2) is 4.67. The van der Waals surface area contributed by atoms with Crippen molar-refractivity contribution < 1.29 is 12.8 Å². The maximum atomic E-state index is 13.3. The molecule has 1 rings (SSSR count). The van der Waals surface area contributed by atoms with Gasteiger partial charge in [-0.2, -0.15) is 13.1 Å². The van der Waals surface area contributed by atoms with Gasteiger partial charge in [-0.1, -0.05) is 0 Å². The van der Waals surface area contributed by atoms with Crippen molar-refractivity contribution >= 4 is 21.6 Å². The molecule has 16 heavy (non-hydrogen) atoms. The molecule has 0 heterocycles. The lowest BCUT2D eigenvalue weighted by atomic mass is 10.3. The minimum atomic E-state index is -3.75. The first-order valence-electron chi connectivity index (χ1n) is 4.65. The lowest BCUT2D eigenvalue weighted by molar-refractivity contribution is 0.574. The SMILES string of the molecule is CC(C)NS(=O)(=O)Nc1ccc(N)cc1F. The molecule has 0 aliphatic carbocycles. The van der Waals surface area contributed by atoms with Crippen LogP contribution in [-0.4, -0.2) is 14.5 Å². The fourth-order valence-electron chi connectivity index (χ4n) is 1.10. The molecule has 7 heteroatoms. The Bertz CT molecular complexity index is 474. The Kier molecular flexibility index (Phi) is 3.71. The van der Waals surface area contributed by atoms with Gasteiger partial charge in [0, 0.05) is 11.7 Å². The topological polar surface area (TPSA) is 84.2 Å². The van der Waals surface area contributed by atoms with Crippen LogP contribution in [-0.2, 0) is 10.2 Å². The number of hydrogen-bond donors (Lipinski definition) is 3. The average Bonchev–Trinajstić information content (AvgIpc) is 2.07. The third-order valence-corrected chi connectivity index (χ3v) is 2.90. The first-order valence-corrected chi connectivity index (χ1v) is 6.13. The molecule has 5 nitrogen and oxygen atoms in total. The van der Waals surface area contributed by atoms with E-state index in [0.29, 0.717) is 0 Å². The third kappa shape index (κ3) is 3.67. The van der Waals surface area contributed by atoms with Crippen LogP contribution in [0.3, 0.4) is 0 Å². The van der Waals surface area contributed by atoms with Gasteiger partial charge in [-0.05, 0) is 32.0 Å². The molecule has 0 aliphatic heterocycles. The molecule has 0 aliphatic rings. The highest BCUT2D eigenvalue weighted by Gasteiger charge is 2.13. The van der Waals surface area contributed by atoms with E-state index in [2.05, 4.69) is 9.44 Å². The summed E-state index contributed by atoms with van der Waals surface area (Å²) in [5, 5.41) is 0. The monoisotopic (exact) mass is 247 g/mol. The highest BCUT2D eigenvalue weighted by molar-refractivity contribution is 7.90. The molecule has 0 radical (unpaired) electrons. The second-order valence-electron chi connectivity index (χ2n) is 3.62. The van der Waals surface area contributed by atoms with Crippen molar-refractivity contribution in [3.63, 3.8) is 0 Å². The molecule has 0 spiro atoms. The molecule has 0 unspecified atom stereocenters. The Balaban J connectivity index is 2.88. The van der Waals surface area contributed by atoms with E-state index >= 15 is 0 Å². The third-order valence-electron chi connectivity index (χ3n) is 1.63. The van der Waals surface area contributed by atoms with E-state index in [1.165, 1.54) is 12.1 Å². The van der Waals surface area contributed by atoms with Crippen molar-refractivity contribution in [2.45, 2.75) is 19.9 Å². The number of rotatable bonds is 4. The zero-order chi connectivity index (χ0) is 12.3. The van der Waals surface area contributed by atoms with Gasteiger partial charge in [-0.15, -0.1) is 0 Å². The van der Waals surface area contributed by atoms with Crippen LogP contribution in [0.5, 0.6) is 0 Å². The van der Waals surface area contributed by atoms with E-state index < -0.39 is 16.0 Å². The van der Waals surface area contributed by atoms with Crippen LogP contribution in [0.2, 0.25) is 0 Å². The Morgan fingerprint density at radius 2 is 2.00 bits per heavy atom. The van der Waals surface area contributed by atoms with Crippen LogP contribution in [0.15, 0.2) is 18.2 Å². The number of halogens is 1. The van der Waals surface area contributed by atoms with Gasteiger partial charge < -0.3 is 5.73 Å². The van der Waals surface area contributed by atoms with Crippen LogP contribution in [0.4, 0.5) is 15.8 Å². The van der Waals surface area contributed by atoms with Crippen LogP contribution in [0.1, 0.15) is 13.8 Å². The van der Waals surface area contributed by atoms with Gasteiger partial charge in [0.2, 0.25) is 0 Å². The minimum absolute atomic E-state index is 0.137. The van der Waals surface area contributed by atoms with E-state index in [9.17, 15) is 12.8 Å². The van der Waals surface area contributed by atoms with Crippen molar-refractivity contribution in [1.29, 1.82) is 0 Å². The predicted octanol–water partition coefficient (Wildman–Crippen LogP) is 1.06. The van der Waals surface area contributed by atoms with Gasteiger partial charge in [0.05, 0.1) is 5.69 Å². The zero-order valence-corrected chi connectivity index (χ0v) is 9.81. The summed E-state index contributed by atoms with van der Waals surface area (Å²) in [7, 11) is -3.75. The summed E-state index contributed by atoms with van der Waals surface area (Å²) in [4.78, 5) is 0. The summed E-state index contributed by atoms with van der Waals surface area (Å²) in [6, 6.07) is 3.46. The van der Waals surface area contributed by atoms with Crippen LogP contribution < -0.4 is 15.2 Å². The fourth-order valence-corrected chi connectivity index (χ4v) is 2.23. The van der Waals surface area contributed by atoms with E-state index in [-0.39, 0.29) is 17.4 Å². The predicted molar refractivity (Wildman–Crippen MR) is 61.6 cm³/mol. The van der Waals surface area contributed by atoms with Gasteiger partial charge in [0.15, 0.2) is 0 Å². The molecular formula is C9H14FN3O2S. The molecule has 0 aromatic heterocycles. The zero-order valence-electron chi connectivity index (χ0n) is 8.99. The molecular weight excluding hydrogens is 233 g/mol. The summed E-state index contributed by atoms with van der Waals surface area (Å²) in [6.07, 6.45) is 0. The smallest absolute Gasteiger partial charge is 0.299 e. The van der Waals surface area contributed by atoms with E-state index in [1.54, 1.807) is 13.8 Å². The van der Waals surface area contributed by atoms with Crippen LogP contribution >= 0.6 is 0 Å². The van der Waals surface area contributed by atoms with Gasteiger partial charge in [0.25, 0.3) is 10.2 Å². The Labute approximate surface area is 94.0 Å². The van der Waals surface area contributed by atoms with E-state index in [4.69, 9.17) is 5.73 Å².